The van der Waals surface area contributed by atoms with Gasteiger partial charge >= 0.3 is 6.18 Å². The predicted molar refractivity (Wildman–Crippen MR) is 110 cm³/mol. The van der Waals surface area contributed by atoms with Crippen LogP contribution in [-0.4, -0.2) is 31.1 Å². The van der Waals surface area contributed by atoms with E-state index in [4.69, 9.17) is 4.74 Å². The molecule has 1 aromatic carbocycles. The highest BCUT2D eigenvalue weighted by atomic mass is 127. The van der Waals surface area contributed by atoms with Crippen molar-refractivity contribution in [3.8, 4) is 5.88 Å². The Bertz CT molecular complexity index is 709. The molecule has 0 aliphatic carbocycles. The molecule has 0 amide bonds. The van der Waals surface area contributed by atoms with Crippen LogP contribution in [0, 0.1) is 0 Å². The van der Waals surface area contributed by atoms with E-state index in [0.29, 0.717) is 12.5 Å². The molecule has 0 radical (unpaired) electrons. The maximum absolute atomic E-state index is 12.5. The van der Waals surface area contributed by atoms with Crippen LogP contribution < -0.4 is 15.4 Å². The van der Waals surface area contributed by atoms with E-state index >= 15 is 0 Å². The van der Waals surface area contributed by atoms with Crippen LogP contribution in [0.25, 0.3) is 0 Å². The second kappa shape index (κ2) is 11.0. The standard InChI is InChI=1S/C18H21F3N4O.HI/c1-13(14-6-4-3-5-7-14)25-17(22-2)23-10-11-26-16-9-8-15(12-24-16)18(19,20)21;/h3-9,12-13H,10-11H2,1-2H3,(H2,22,23,25);1H. The number of hydrogen-bond donors (Lipinski definition) is 2. The Kier molecular flexibility index (Phi) is 9.33. The molecule has 1 atom stereocenters. The minimum atomic E-state index is -4.40. The van der Waals surface area contributed by atoms with Crippen molar-refractivity contribution >= 4 is 29.9 Å². The molecule has 1 unspecified atom stereocenters. The molecule has 27 heavy (non-hydrogen) atoms. The van der Waals surface area contributed by atoms with Crippen LogP contribution >= 0.6 is 24.0 Å². The summed E-state index contributed by atoms with van der Waals surface area (Å²) in [7, 11) is 1.66. The lowest BCUT2D eigenvalue weighted by molar-refractivity contribution is -0.137. The molecule has 0 saturated carbocycles. The highest BCUT2D eigenvalue weighted by Crippen LogP contribution is 2.29. The van der Waals surface area contributed by atoms with E-state index in [2.05, 4.69) is 20.6 Å². The average Bonchev–Trinajstić information content (AvgIpc) is 2.64. The number of rotatable bonds is 6. The normalized spacial score (nSPS) is 12.7. The van der Waals surface area contributed by atoms with Gasteiger partial charge in [-0.3, -0.25) is 4.99 Å². The first-order chi connectivity index (χ1) is 12.4. The number of nitrogens with zero attached hydrogens (tertiary/aromatic N) is 2. The number of pyridine rings is 1. The van der Waals surface area contributed by atoms with E-state index in [1.54, 1.807) is 7.05 Å². The monoisotopic (exact) mass is 494 g/mol. The fourth-order valence-corrected chi connectivity index (χ4v) is 2.18. The number of alkyl halides is 3. The third kappa shape index (κ3) is 7.61. The van der Waals surface area contributed by atoms with Crippen molar-refractivity contribution in [2.24, 2.45) is 4.99 Å². The summed E-state index contributed by atoms with van der Waals surface area (Å²) in [6.07, 6.45) is -3.65. The largest absolute Gasteiger partial charge is 0.476 e. The fourth-order valence-electron chi connectivity index (χ4n) is 2.18. The predicted octanol–water partition coefficient (Wildman–Crippen LogP) is 4.02. The second-order valence-electron chi connectivity index (χ2n) is 5.51. The van der Waals surface area contributed by atoms with Crippen LogP contribution in [0.5, 0.6) is 5.88 Å². The zero-order chi connectivity index (χ0) is 19.0. The number of halogens is 4. The first-order valence-electron chi connectivity index (χ1n) is 8.08. The Balaban J connectivity index is 0.00000364. The Morgan fingerprint density at radius 3 is 2.44 bits per heavy atom. The van der Waals surface area contributed by atoms with E-state index in [9.17, 15) is 13.2 Å². The summed E-state index contributed by atoms with van der Waals surface area (Å²) >= 11 is 0. The number of nitrogens with one attached hydrogen (secondary N) is 2. The van der Waals surface area contributed by atoms with E-state index in [1.165, 1.54) is 6.07 Å². The molecule has 0 aliphatic heterocycles. The van der Waals surface area contributed by atoms with Gasteiger partial charge in [0, 0.05) is 19.3 Å². The molecule has 148 valence electrons. The molecule has 0 saturated heterocycles. The van der Waals surface area contributed by atoms with Gasteiger partial charge in [-0.15, -0.1) is 24.0 Å². The molecular formula is C18H22F3IN4O. The molecule has 0 fully saturated rings. The summed E-state index contributed by atoms with van der Waals surface area (Å²) in [5.74, 6) is 0.741. The zero-order valence-electron chi connectivity index (χ0n) is 15.0. The minimum Gasteiger partial charge on any atom is -0.476 e. The highest BCUT2D eigenvalue weighted by Gasteiger charge is 2.30. The van der Waals surface area contributed by atoms with Crippen molar-refractivity contribution in [1.82, 2.24) is 15.6 Å². The van der Waals surface area contributed by atoms with Crippen molar-refractivity contribution in [3.63, 3.8) is 0 Å². The Morgan fingerprint density at radius 2 is 1.89 bits per heavy atom. The Hall–Kier alpha value is -2.04. The van der Waals surface area contributed by atoms with Gasteiger partial charge in [0.1, 0.15) is 6.61 Å². The Labute approximate surface area is 173 Å². The second-order valence-corrected chi connectivity index (χ2v) is 5.51. The third-order valence-corrected chi connectivity index (χ3v) is 3.58. The molecule has 0 bridgehead atoms. The molecular weight excluding hydrogens is 472 g/mol. The van der Waals surface area contributed by atoms with Crippen molar-refractivity contribution in [2.45, 2.75) is 19.1 Å². The molecule has 2 N–H and O–H groups in total. The third-order valence-electron chi connectivity index (χ3n) is 3.58. The number of ether oxygens (including phenoxy) is 1. The van der Waals surface area contributed by atoms with Gasteiger partial charge < -0.3 is 15.4 Å². The number of aliphatic imine (C=N–C) groups is 1. The van der Waals surface area contributed by atoms with Crippen LogP contribution in [0.15, 0.2) is 53.7 Å². The molecule has 1 heterocycles. The highest BCUT2D eigenvalue weighted by molar-refractivity contribution is 14.0. The SMILES string of the molecule is CN=C(NCCOc1ccc(C(F)(F)F)cn1)NC(C)c1ccccc1.I. The van der Waals surface area contributed by atoms with Gasteiger partial charge in [0.15, 0.2) is 5.96 Å². The fraction of sp³-hybridized carbons (Fsp3) is 0.333. The van der Waals surface area contributed by atoms with Crippen LogP contribution in [0.2, 0.25) is 0 Å². The van der Waals surface area contributed by atoms with Crippen molar-refractivity contribution in [1.29, 1.82) is 0 Å². The summed E-state index contributed by atoms with van der Waals surface area (Å²) in [4.78, 5) is 7.79. The van der Waals surface area contributed by atoms with Gasteiger partial charge in [-0.1, -0.05) is 30.3 Å². The number of aromatic nitrogens is 1. The molecule has 0 aliphatic rings. The maximum Gasteiger partial charge on any atom is 0.417 e. The van der Waals surface area contributed by atoms with Crippen molar-refractivity contribution < 1.29 is 17.9 Å². The van der Waals surface area contributed by atoms with Crippen molar-refractivity contribution in [3.05, 3.63) is 59.8 Å². The minimum absolute atomic E-state index is 0. The molecule has 9 heteroatoms. The van der Waals surface area contributed by atoms with Gasteiger partial charge in [-0.05, 0) is 18.6 Å². The van der Waals surface area contributed by atoms with Crippen LogP contribution in [-0.2, 0) is 6.18 Å². The quantitative estimate of drug-likeness (QED) is 0.276. The number of benzene rings is 1. The summed E-state index contributed by atoms with van der Waals surface area (Å²) in [5.41, 5.74) is 0.322. The summed E-state index contributed by atoms with van der Waals surface area (Å²) in [6, 6.07) is 12.1. The molecule has 5 nitrogen and oxygen atoms in total. The molecule has 2 rings (SSSR count). The van der Waals surface area contributed by atoms with Gasteiger partial charge in [-0.2, -0.15) is 13.2 Å². The van der Waals surface area contributed by atoms with Gasteiger partial charge in [0.2, 0.25) is 5.88 Å². The van der Waals surface area contributed by atoms with Gasteiger partial charge in [-0.25, -0.2) is 4.98 Å². The van der Waals surface area contributed by atoms with E-state index in [1.807, 2.05) is 37.3 Å². The van der Waals surface area contributed by atoms with Crippen molar-refractivity contribution in [2.75, 3.05) is 20.2 Å². The molecule has 0 spiro atoms. The maximum atomic E-state index is 12.5. The lowest BCUT2D eigenvalue weighted by atomic mass is 10.1. The first kappa shape index (κ1) is 23.0. The topological polar surface area (TPSA) is 58.5 Å². The number of hydrogen-bond acceptors (Lipinski definition) is 3. The van der Waals surface area contributed by atoms with Crippen LogP contribution in [0.4, 0.5) is 13.2 Å². The summed E-state index contributed by atoms with van der Waals surface area (Å²) < 4.78 is 42.7. The zero-order valence-corrected chi connectivity index (χ0v) is 17.3. The number of guanidine groups is 1. The van der Waals surface area contributed by atoms with Crippen LogP contribution in [0.1, 0.15) is 24.1 Å². The van der Waals surface area contributed by atoms with E-state index in [0.717, 1.165) is 17.8 Å². The first-order valence-corrected chi connectivity index (χ1v) is 8.08. The smallest absolute Gasteiger partial charge is 0.417 e. The van der Waals surface area contributed by atoms with E-state index < -0.39 is 11.7 Å². The summed E-state index contributed by atoms with van der Waals surface area (Å²) in [5, 5.41) is 6.33. The molecule has 1 aromatic heterocycles. The van der Waals surface area contributed by atoms with E-state index in [-0.39, 0.29) is 42.5 Å². The lowest BCUT2D eigenvalue weighted by Gasteiger charge is -2.18. The van der Waals surface area contributed by atoms with Crippen LogP contribution in [0.3, 0.4) is 0 Å². The average molecular weight is 494 g/mol. The van der Waals surface area contributed by atoms with Gasteiger partial charge in [0.05, 0.1) is 18.2 Å². The summed E-state index contributed by atoms with van der Waals surface area (Å²) in [6.45, 7) is 2.67. The van der Waals surface area contributed by atoms with Gasteiger partial charge in [0.25, 0.3) is 0 Å². The Morgan fingerprint density at radius 1 is 1.19 bits per heavy atom. The molecule has 2 aromatic rings. The lowest BCUT2D eigenvalue weighted by Crippen LogP contribution is -2.40.